The number of hydrogen-bond acceptors (Lipinski definition) is 3. The van der Waals surface area contributed by atoms with Crippen molar-refractivity contribution in [3.8, 4) is 0 Å². The average Bonchev–Trinajstić information content (AvgIpc) is 2.86. The summed E-state index contributed by atoms with van der Waals surface area (Å²) in [7, 11) is 1.31. The van der Waals surface area contributed by atoms with Crippen LogP contribution in [-0.4, -0.2) is 18.9 Å². The summed E-state index contributed by atoms with van der Waals surface area (Å²) in [4.78, 5) is 22.8. The second kappa shape index (κ2) is 4.24. The number of allylic oxidation sites excluding steroid dienone is 3. The molecule has 0 radical (unpaired) electrons. The lowest BCUT2D eigenvalue weighted by Crippen LogP contribution is -2.15. The fourth-order valence-electron chi connectivity index (χ4n) is 2.67. The molecule has 0 amide bonds. The van der Waals surface area contributed by atoms with Gasteiger partial charge in [0.05, 0.1) is 12.7 Å². The van der Waals surface area contributed by atoms with Crippen LogP contribution in [0.15, 0.2) is 23.8 Å². The van der Waals surface area contributed by atoms with Crippen LogP contribution >= 0.6 is 0 Å². The fourth-order valence-corrected chi connectivity index (χ4v) is 2.67. The molecule has 0 heterocycles. The maximum Gasteiger partial charge on any atom is 0.341 e. The van der Waals surface area contributed by atoms with Crippen LogP contribution in [0.4, 0.5) is 0 Å². The number of esters is 1. The number of hydrogen-bond donors (Lipinski definition) is 0. The molecule has 0 aromatic rings. The van der Waals surface area contributed by atoms with Crippen LogP contribution in [0, 0.1) is 17.8 Å². The van der Waals surface area contributed by atoms with Gasteiger partial charge in [-0.25, -0.2) is 4.79 Å². The zero-order chi connectivity index (χ0) is 11.7. The Morgan fingerprint density at radius 2 is 2.06 bits per heavy atom. The molecule has 0 aliphatic heterocycles. The first-order valence-corrected chi connectivity index (χ1v) is 5.61. The van der Waals surface area contributed by atoms with E-state index < -0.39 is 5.97 Å². The molecule has 0 unspecified atom stereocenters. The van der Waals surface area contributed by atoms with Crippen LogP contribution < -0.4 is 0 Å². The van der Waals surface area contributed by atoms with E-state index in [1.165, 1.54) is 14.0 Å². The second-order valence-electron chi connectivity index (χ2n) is 4.57. The van der Waals surface area contributed by atoms with E-state index >= 15 is 0 Å². The number of carbonyl (C=O) groups excluding carboxylic acids is 2. The maximum absolute atomic E-state index is 11.4. The van der Waals surface area contributed by atoms with Gasteiger partial charge < -0.3 is 4.74 Å². The van der Waals surface area contributed by atoms with Gasteiger partial charge in [-0.05, 0) is 37.5 Å². The van der Waals surface area contributed by atoms with Crippen molar-refractivity contribution in [3.05, 3.63) is 23.8 Å². The summed E-state index contributed by atoms with van der Waals surface area (Å²) in [6.07, 6.45) is 8.45. The van der Waals surface area contributed by atoms with Crippen molar-refractivity contribution in [3.63, 3.8) is 0 Å². The molecule has 3 heteroatoms. The quantitative estimate of drug-likeness (QED) is 0.240. The van der Waals surface area contributed by atoms with Gasteiger partial charge in [-0.3, -0.25) is 4.79 Å². The number of fused-ring (bicyclic) bond motifs is 2. The van der Waals surface area contributed by atoms with Crippen LogP contribution in [0.5, 0.6) is 0 Å². The molecule has 2 rings (SSSR count). The van der Waals surface area contributed by atoms with Crippen molar-refractivity contribution >= 4 is 11.8 Å². The molecular formula is C13H16O3. The summed E-state index contributed by atoms with van der Waals surface area (Å²) < 4.78 is 4.62. The molecule has 86 valence electrons. The van der Waals surface area contributed by atoms with Gasteiger partial charge in [-0.15, -0.1) is 0 Å². The van der Waals surface area contributed by atoms with E-state index in [0.29, 0.717) is 17.8 Å². The predicted molar refractivity (Wildman–Crippen MR) is 59.6 cm³/mol. The molecule has 2 aliphatic rings. The number of methoxy groups -OCH3 is 1. The van der Waals surface area contributed by atoms with E-state index in [-0.39, 0.29) is 11.4 Å². The molecule has 0 saturated heterocycles. The Kier molecular flexibility index (Phi) is 2.95. The lowest BCUT2D eigenvalue weighted by atomic mass is 9.91. The number of ketones is 1. The molecule has 2 aliphatic carbocycles. The van der Waals surface area contributed by atoms with Gasteiger partial charge in [-0.1, -0.05) is 18.2 Å². The van der Waals surface area contributed by atoms with Crippen molar-refractivity contribution < 1.29 is 14.3 Å². The first-order valence-electron chi connectivity index (χ1n) is 5.61. The molecule has 1 saturated carbocycles. The number of ether oxygens (including phenoxy) is 1. The van der Waals surface area contributed by atoms with Crippen LogP contribution in [0.3, 0.4) is 0 Å². The van der Waals surface area contributed by atoms with E-state index in [2.05, 4.69) is 16.9 Å². The number of carbonyl (C=O) groups is 2. The van der Waals surface area contributed by atoms with Gasteiger partial charge in [0.15, 0.2) is 5.78 Å². The first kappa shape index (κ1) is 11.1. The minimum atomic E-state index is -0.515. The van der Waals surface area contributed by atoms with Crippen molar-refractivity contribution in [2.45, 2.75) is 19.8 Å². The Bertz CT molecular complexity index is 379. The second-order valence-corrected chi connectivity index (χ2v) is 4.57. The van der Waals surface area contributed by atoms with Crippen molar-refractivity contribution in [1.82, 2.24) is 0 Å². The van der Waals surface area contributed by atoms with Gasteiger partial charge in [0.25, 0.3) is 0 Å². The highest BCUT2D eigenvalue weighted by Gasteiger charge is 2.35. The Labute approximate surface area is 95.2 Å². The topological polar surface area (TPSA) is 43.4 Å². The van der Waals surface area contributed by atoms with Crippen molar-refractivity contribution in [1.29, 1.82) is 0 Å². The summed E-state index contributed by atoms with van der Waals surface area (Å²) in [5, 5.41) is 0. The van der Waals surface area contributed by atoms with Crippen LogP contribution in [-0.2, 0) is 14.3 Å². The monoisotopic (exact) mass is 220 g/mol. The Hall–Kier alpha value is -1.38. The maximum atomic E-state index is 11.4. The summed E-state index contributed by atoms with van der Waals surface area (Å²) in [5.41, 5.74) is 0.202. The highest BCUT2D eigenvalue weighted by Crippen LogP contribution is 2.44. The fraction of sp³-hybridized carbons (Fsp3) is 0.538. The smallest absolute Gasteiger partial charge is 0.341 e. The molecule has 1 fully saturated rings. The van der Waals surface area contributed by atoms with Gasteiger partial charge >= 0.3 is 5.97 Å². The number of Topliss-reactive ketones (excluding diaryl/α,β-unsaturated/α-hetero) is 1. The van der Waals surface area contributed by atoms with Gasteiger partial charge in [0.1, 0.15) is 0 Å². The minimum Gasteiger partial charge on any atom is -0.465 e. The van der Waals surface area contributed by atoms with Crippen molar-refractivity contribution in [2.75, 3.05) is 7.11 Å². The first-order chi connectivity index (χ1) is 7.61. The normalized spacial score (nSPS) is 31.9. The molecule has 16 heavy (non-hydrogen) atoms. The molecule has 3 nitrogen and oxygen atoms in total. The Balaban J connectivity index is 2.17. The largest absolute Gasteiger partial charge is 0.465 e. The van der Waals surface area contributed by atoms with Crippen LogP contribution in [0.25, 0.3) is 0 Å². The summed E-state index contributed by atoms with van der Waals surface area (Å²) >= 11 is 0. The third-order valence-electron chi connectivity index (χ3n) is 3.50. The number of rotatable bonds is 3. The molecule has 0 aromatic heterocycles. The van der Waals surface area contributed by atoms with E-state index in [1.807, 2.05) is 6.08 Å². The minimum absolute atomic E-state index is 0.202. The standard InChI is InChI=1S/C13H16O3/c1-8(14)12(13(15)16-2)7-11-6-9-3-4-10(11)5-9/h3-4,7,9-11H,5-6H2,1-2H3/b12-7+/t9-,10+,11-/m1/s1. The van der Waals surface area contributed by atoms with Crippen LogP contribution in [0.2, 0.25) is 0 Å². The van der Waals surface area contributed by atoms with Crippen molar-refractivity contribution in [2.24, 2.45) is 17.8 Å². The highest BCUT2D eigenvalue weighted by atomic mass is 16.5. The van der Waals surface area contributed by atoms with Gasteiger partial charge in [0, 0.05) is 0 Å². The van der Waals surface area contributed by atoms with E-state index in [0.717, 1.165) is 12.8 Å². The van der Waals surface area contributed by atoms with Crippen LogP contribution in [0.1, 0.15) is 19.8 Å². The molecule has 0 spiro atoms. The van der Waals surface area contributed by atoms with E-state index in [4.69, 9.17) is 0 Å². The van der Waals surface area contributed by atoms with E-state index in [9.17, 15) is 9.59 Å². The average molecular weight is 220 g/mol. The molecule has 3 atom stereocenters. The molecule has 0 aromatic carbocycles. The van der Waals surface area contributed by atoms with Gasteiger partial charge in [-0.2, -0.15) is 0 Å². The molecule has 0 N–H and O–H groups in total. The molecule has 2 bridgehead atoms. The molecular weight excluding hydrogens is 204 g/mol. The highest BCUT2D eigenvalue weighted by molar-refractivity contribution is 6.16. The Morgan fingerprint density at radius 3 is 2.50 bits per heavy atom. The third-order valence-corrected chi connectivity index (χ3v) is 3.50. The Morgan fingerprint density at radius 1 is 1.31 bits per heavy atom. The summed E-state index contributed by atoms with van der Waals surface area (Å²) in [6.45, 7) is 1.41. The zero-order valence-corrected chi connectivity index (χ0v) is 9.60. The zero-order valence-electron chi connectivity index (χ0n) is 9.60. The lowest BCUT2D eigenvalue weighted by molar-refractivity contribution is -0.137. The lowest BCUT2D eigenvalue weighted by Gasteiger charge is -2.14. The predicted octanol–water partition coefficient (Wildman–Crippen LogP) is 1.89. The van der Waals surface area contributed by atoms with Gasteiger partial charge in [0.2, 0.25) is 0 Å². The summed E-state index contributed by atoms with van der Waals surface area (Å²) in [6, 6.07) is 0. The van der Waals surface area contributed by atoms with E-state index in [1.54, 1.807) is 0 Å². The SMILES string of the molecule is COC(=O)/C(=C/[C@H]1C[C@@H]2C=C[C@H]1C2)C(C)=O. The summed E-state index contributed by atoms with van der Waals surface area (Å²) in [5.74, 6) is 0.743. The third kappa shape index (κ3) is 1.94.